The molecule has 1 aliphatic heterocycles. The summed E-state index contributed by atoms with van der Waals surface area (Å²) in [5, 5.41) is 0. The highest BCUT2D eigenvalue weighted by Crippen LogP contribution is 2.29. The topological polar surface area (TPSA) is 44.5 Å². The Hall–Kier alpha value is -2.07. The maximum atomic E-state index is 13.2. The fraction of sp³-hybridized carbons (Fsp3) is 0.294. The highest BCUT2D eigenvalue weighted by atomic mass is 19.1. The first-order chi connectivity index (χ1) is 10.1. The van der Waals surface area contributed by atoms with E-state index in [9.17, 15) is 4.39 Å². The summed E-state index contributed by atoms with van der Waals surface area (Å²) in [4.78, 5) is 0. The van der Waals surface area contributed by atoms with Crippen molar-refractivity contribution in [1.82, 2.24) is 0 Å². The van der Waals surface area contributed by atoms with E-state index in [0.717, 1.165) is 22.6 Å². The molecule has 0 bridgehead atoms. The van der Waals surface area contributed by atoms with Gasteiger partial charge in [0, 0.05) is 18.0 Å². The molecule has 1 aliphatic rings. The van der Waals surface area contributed by atoms with Crippen LogP contribution in [0.3, 0.4) is 0 Å². The molecule has 0 spiro atoms. The van der Waals surface area contributed by atoms with Gasteiger partial charge in [-0.3, -0.25) is 0 Å². The van der Waals surface area contributed by atoms with E-state index in [-0.39, 0.29) is 18.0 Å². The molecule has 2 N–H and O–H groups in total. The van der Waals surface area contributed by atoms with E-state index in [4.69, 9.17) is 15.2 Å². The normalized spacial score (nSPS) is 18.0. The molecule has 2 aromatic rings. The summed E-state index contributed by atoms with van der Waals surface area (Å²) in [6.45, 7) is 2.36. The second-order valence-corrected chi connectivity index (χ2v) is 5.37. The van der Waals surface area contributed by atoms with Crippen LogP contribution in [0.2, 0.25) is 0 Å². The van der Waals surface area contributed by atoms with E-state index < -0.39 is 0 Å². The molecule has 1 unspecified atom stereocenters. The fourth-order valence-corrected chi connectivity index (χ4v) is 2.46. The minimum absolute atomic E-state index is 0.0245. The molecule has 0 fully saturated rings. The van der Waals surface area contributed by atoms with E-state index in [1.807, 2.05) is 31.2 Å². The Morgan fingerprint density at radius 3 is 3.00 bits per heavy atom. The zero-order valence-electron chi connectivity index (χ0n) is 11.9. The van der Waals surface area contributed by atoms with Crippen molar-refractivity contribution >= 4 is 0 Å². The first-order valence-corrected chi connectivity index (χ1v) is 7.05. The van der Waals surface area contributed by atoms with Crippen molar-refractivity contribution in [2.75, 3.05) is 6.61 Å². The smallest absolute Gasteiger partial charge is 0.137 e. The Morgan fingerprint density at radius 1 is 1.33 bits per heavy atom. The van der Waals surface area contributed by atoms with Crippen LogP contribution < -0.4 is 15.2 Å². The summed E-state index contributed by atoms with van der Waals surface area (Å²) in [5.74, 6) is 1.29. The second-order valence-electron chi connectivity index (χ2n) is 5.37. The Bertz CT molecular complexity index is 642. The minimum Gasteiger partial charge on any atom is -0.490 e. The molecule has 3 rings (SSSR count). The summed E-state index contributed by atoms with van der Waals surface area (Å²) in [7, 11) is 0. The standard InChI is InChI=1S/C17H18FNO2/c1-11(19)12-3-2-4-15(8-12)20-10-16-9-13-7-14(18)5-6-17(13)21-16/h2-8,11,16H,9-10,19H2,1H3/t11-,16?/m1/s1. The molecule has 0 amide bonds. The summed E-state index contributed by atoms with van der Waals surface area (Å²) in [6, 6.07) is 12.3. The van der Waals surface area contributed by atoms with E-state index >= 15 is 0 Å². The molecule has 0 saturated heterocycles. The zero-order valence-corrected chi connectivity index (χ0v) is 11.9. The molecule has 3 nitrogen and oxygen atoms in total. The number of hydrogen-bond acceptors (Lipinski definition) is 3. The lowest BCUT2D eigenvalue weighted by Gasteiger charge is -2.14. The van der Waals surface area contributed by atoms with Gasteiger partial charge >= 0.3 is 0 Å². The van der Waals surface area contributed by atoms with Crippen LogP contribution in [0, 0.1) is 5.82 Å². The van der Waals surface area contributed by atoms with Crippen LogP contribution in [0.1, 0.15) is 24.1 Å². The number of hydrogen-bond donors (Lipinski definition) is 1. The summed E-state index contributed by atoms with van der Waals surface area (Å²) in [6.07, 6.45) is 0.584. The van der Waals surface area contributed by atoms with Gasteiger partial charge in [0.2, 0.25) is 0 Å². The van der Waals surface area contributed by atoms with Gasteiger partial charge < -0.3 is 15.2 Å². The molecule has 110 valence electrons. The lowest BCUT2D eigenvalue weighted by Crippen LogP contribution is -2.22. The number of ether oxygens (including phenoxy) is 2. The van der Waals surface area contributed by atoms with Crippen molar-refractivity contribution in [2.24, 2.45) is 5.73 Å². The third kappa shape index (κ3) is 3.16. The summed E-state index contributed by atoms with van der Waals surface area (Å²) in [5.41, 5.74) is 7.79. The molecular weight excluding hydrogens is 269 g/mol. The summed E-state index contributed by atoms with van der Waals surface area (Å²) >= 11 is 0. The SMILES string of the molecule is C[C@@H](N)c1cccc(OCC2Cc3cc(F)ccc3O2)c1. The summed E-state index contributed by atoms with van der Waals surface area (Å²) < 4.78 is 24.7. The van der Waals surface area contributed by atoms with Gasteiger partial charge in [-0.15, -0.1) is 0 Å². The molecule has 0 aromatic heterocycles. The molecule has 0 radical (unpaired) electrons. The van der Waals surface area contributed by atoms with Crippen LogP contribution in [0.15, 0.2) is 42.5 Å². The Kier molecular flexibility index (Phi) is 3.80. The quantitative estimate of drug-likeness (QED) is 0.939. The number of rotatable bonds is 4. The average molecular weight is 287 g/mol. The van der Waals surface area contributed by atoms with Crippen molar-refractivity contribution < 1.29 is 13.9 Å². The van der Waals surface area contributed by atoms with E-state index in [1.54, 1.807) is 6.07 Å². The monoisotopic (exact) mass is 287 g/mol. The van der Waals surface area contributed by atoms with Crippen LogP contribution in [0.4, 0.5) is 4.39 Å². The lowest BCUT2D eigenvalue weighted by molar-refractivity contribution is 0.148. The highest BCUT2D eigenvalue weighted by molar-refractivity contribution is 5.38. The molecule has 21 heavy (non-hydrogen) atoms. The van der Waals surface area contributed by atoms with Crippen molar-refractivity contribution in [3.63, 3.8) is 0 Å². The molecule has 0 aliphatic carbocycles. The van der Waals surface area contributed by atoms with Gasteiger partial charge in [-0.25, -0.2) is 4.39 Å². The third-order valence-electron chi connectivity index (χ3n) is 3.58. The maximum Gasteiger partial charge on any atom is 0.137 e. The predicted molar refractivity (Wildman–Crippen MR) is 79.1 cm³/mol. The first-order valence-electron chi connectivity index (χ1n) is 7.05. The van der Waals surface area contributed by atoms with Crippen molar-refractivity contribution in [3.05, 3.63) is 59.4 Å². The molecule has 2 atom stereocenters. The molecule has 4 heteroatoms. The maximum absolute atomic E-state index is 13.2. The number of nitrogens with two attached hydrogens (primary N) is 1. The van der Waals surface area contributed by atoms with E-state index in [0.29, 0.717) is 13.0 Å². The second kappa shape index (κ2) is 5.74. The number of fused-ring (bicyclic) bond motifs is 1. The van der Waals surface area contributed by atoms with Gasteiger partial charge in [0.1, 0.15) is 30.0 Å². The first kappa shape index (κ1) is 13.9. The zero-order chi connectivity index (χ0) is 14.8. The molecule has 0 saturated carbocycles. The largest absolute Gasteiger partial charge is 0.490 e. The molecular formula is C17H18FNO2. The van der Waals surface area contributed by atoms with Crippen molar-refractivity contribution in [1.29, 1.82) is 0 Å². The van der Waals surface area contributed by atoms with Gasteiger partial charge in [0.15, 0.2) is 0 Å². The number of benzene rings is 2. The van der Waals surface area contributed by atoms with E-state index in [1.165, 1.54) is 12.1 Å². The Labute approximate surface area is 123 Å². The van der Waals surface area contributed by atoms with Crippen LogP contribution >= 0.6 is 0 Å². The van der Waals surface area contributed by atoms with Crippen molar-refractivity contribution in [3.8, 4) is 11.5 Å². The van der Waals surface area contributed by atoms with Crippen LogP contribution in [0.5, 0.6) is 11.5 Å². The van der Waals surface area contributed by atoms with E-state index in [2.05, 4.69) is 0 Å². The Morgan fingerprint density at radius 2 is 2.19 bits per heavy atom. The number of halogens is 1. The molecule has 1 heterocycles. The predicted octanol–water partition coefficient (Wildman–Crippen LogP) is 3.23. The van der Waals surface area contributed by atoms with Crippen LogP contribution in [-0.4, -0.2) is 12.7 Å². The van der Waals surface area contributed by atoms with Gasteiger partial charge in [-0.2, -0.15) is 0 Å². The minimum atomic E-state index is -0.233. The van der Waals surface area contributed by atoms with Crippen LogP contribution in [-0.2, 0) is 6.42 Å². The third-order valence-corrected chi connectivity index (χ3v) is 3.58. The van der Waals surface area contributed by atoms with Gasteiger partial charge in [-0.05, 0) is 42.8 Å². The fourth-order valence-electron chi connectivity index (χ4n) is 2.46. The van der Waals surface area contributed by atoms with Crippen LogP contribution in [0.25, 0.3) is 0 Å². The molecule has 2 aromatic carbocycles. The van der Waals surface area contributed by atoms with Gasteiger partial charge in [-0.1, -0.05) is 12.1 Å². The lowest BCUT2D eigenvalue weighted by atomic mass is 10.1. The van der Waals surface area contributed by atoms with Crippen molar-refractivity contribution in [2.45, 2.75) is 25.5 Å². The Balaban J connectivity index is 1.61. The van der Waals surface area contributed by atoms with Gasteiger partial charge in [0.25, 0.3) is 0 Å². The van der Waals surface area contributed by atoms with Gasteiger partial charge in [0.05, 0.1) is 0 Å². The highest BCUT2D eigenvalue weighted by Gasteiger charge is 2.23. The average Bonchev–Trinajstić information content (AvgIpc) is 2.87.